The molecular formula is C13H19NO3S. The molecule has 1 aromatic rings. The molecule has 0 atom stereocenters. The standard InChI is InChI=1S/C13H19NO3S/c1-17-11-13(8-5-9-13)10-14-18(15,16)12-6-3-2-4-7-12/h2-4,6-7,14H,5,8-11H2,1H3. The van der Waals surface area contributed by atoms with Gasteiger partial charge in [0, 0.05) is 19.1 Å². The number of sulfonamides is 1. The topological polar surface area (TPSA) is 55.4 Å². The number of methoxy groups -OCH3 is 1. The molecule has 18 heavy (non-hydrogen) atoms. The van der Waals surface area contributed by atoms with E-state index in [9.17, 15) is 8.42 Å². The highest BCUT2D eigenvalue weighted by molar-refractivity contribution is 7.89. The zero-order valence-electron chi connectivity index (χ0n) is 10.6. The van der Waals surface area contributed by atoms with Crippen LogP contribution in [-0.4, -0.2) is 28.7 Å². The van der Waals surface area contributed by atoms with Crippen LogP contribution in [0.5, 0.6) is 0 Å². The van der Waals surface area contributed by atoms with Crippen molar-refractivity contribution in [1.29, 1.82) is 0 Å². The van der Waals surface area contributed by atoms with Crippen molar-refractivity contribution >= 4 is 10.0 Å². The molecule has 1 aromatic carbocycles. The van der Waals surface area contributed by atoms with E-state index in [4.69, 9.17) is 4.74 Å². The van der Waals surface area contributed by atoms with E-state index >= 15 is 0 Å². The summed E-state index contributed by atoms with van der Waals surface area (Å²) in [7, 11) is -1.74. The molecule has 5 heteroatoms. The Bertz CT molecular complexity index is 480. The molecule has 2 rings (SSSR count). The van der Waals surface area contributed by atoms with Crippen LogP contribution in [0.4, 0.5) is 0 Å². The molecule has 1 N–H and O–H groups in total. The van der Waals surface area contributed by atoms with Crippen molar-refractivity contribution < 1.29 is 13.2 Å². The summed E-state index contributed by atoms with van der Waals surface area (Å²) in [6.07, 6.45) is 3.20. The Morgan fingerprint density at radius 2 is 1.94 bits per heavy atom. The van der Waals surface area contributed by atoms with E-state index in [0.29, 0.717) is 18.0 Å². The van der Waals surface area contributed by atoms with Gasteiger partial charge in [-0.2, -0.15) is 0 Å². The van der Waals surface area contributed by atoms with Crippen LogP contribution in [0.25, 0.3) is 0 Å². The maximum atomic E-state index is 12.1. The fraction of sp³-hybridized carbons (Fsp3) is 0.538. The van der Waals surface area contributed by atoms with E-state index in [1.807, 2.05) is 0 Å². The fourth-order valence-electron chi connectivity index (χ4n) is 2.29. The number of nitrogens with one attached hydrogen (secondary N) is 1. The maximum Gasteiger partial charge on any atom is 0.240 e. The van der Waals surface area contributed by atoms with Crippen LogP contribution in [0.2, 0.25) is 0 Å². The highest BCUT2D eigenvalue weighted by atomic mass is 32.2. The fourth-order valence-corrected chi connectivity index (χ4v) is 3.46. The van der Waals surface area contributed by atoms with Gasteiger partial charge in [0.25, 0.3) is 0 Å². The van der Waals surface area contributed by atoms with E-state index in [0.717, 1.165) is 19.3 Å². The summed E-state index contributed by atoms with van der Waals surface area (Å²) < 4.78 is 32.0. The Kier molecular flexibility index (Phi) is 4.04. The lowest BCUT2D eigenvalue weighted by molar-refractivity contribution is 0.0220. The smallest absolute Gasteiger partial charge is 0.240 e. The number of hydrogen-bond donors (Lipinski definition) is 1. The summed E-state index contributed by atoms with van der Waals surface area (Å²) in [5, 5.41) is 0. The van der Waals surface area contributed by atoms with Gasteiger partial charge in [0.2, 0.25) is 10.0 Å². The van der Waals surface area contributed by atoms with Gasteiger partial charge in [-0.25, -0.2) is 13.1 Å². The van der Waals surface area contributed by atoms with Crippen LogP contribution in [0.1, 0.15) is 19.3 Å². The van der Waals surface area contributed by atoms with Gasteiger partial charge in [-0.1, -0.05) is 24.6 Å². The van der Waals surface area contributed by atoms with Crippen molar-refractivity contribution in [3.05, 3.63) is 30.3 Å². The second kappa shape index (κ2) is 5.38. The van der Waals surface area contributed by atoms with E-state index < -0.39 is 10.0 Å². The molecule has 4 nitrogen and oxygen atoms in total. The summed E-state index contributed by atoms with van der Waals surface area (Å²) >= 11 is 0. The van der Waals surface area contributed by atoms with Crippen LogP contribution in [0.3, 0.4) is 0 Å². The highest BCUT2D eigenvalue weighted by Gasteiger charge is 2.37. The molecule has 1 aliphatic carbocycles. The predicted molar refractivity (Wildman–Crippen MR) is 69.8 cm³/mol. The summed E-state index contributed by atoms with van der Waals surface area (Å²) in [6, 6.07) is 8.46. The summed E-state index contributed by atoms with van der Waals surface area (Å²) in [4.78, 5) is 0.317. The van der Waals surface area contributed by atoms with E-state index in [1.54, 1.807) is 37.4 Å². The molecular weight excluding hydrogens is 250 g/mol. The first kappa shape index (κ1) is 13.5. The van der Waals surface area contributed by atoms with E-state index in [2.05, 4.69) is 4.72 Å². The van der Waals surface area contributed by atoms with Crippen molar-refractivity contribution in [2.75, 3.05) is 20.3 Å². The van der Waals surface area contributed by atoms with Gasteiger partial charge in [-0.15, -0.1) is 0 Å². The summed E-state index contributed by atoms with van der Waals surface area (Å²) in [5.41, 5.74) is -0.00337. The Morgan fingerprint density at radius 1 is 1.28 bits per heavy atom. The van der Waals surface area contributed by atoms with Crippen molar-refractivity contribution in [3.63, 3.8) is 0 Å². The quantitative estimate of drug-likeness (QED) is 0.856. The van der Waals surface area contributed by atoms with Crippen LogP contribution < -0.4 is 4.72 Å². The molecule has 1 fully saturated rings. The molecule has 0 aliphatic heterocycles. The van der Waals surface area contributed by atoms with Gasteiger partial charge in [0.15, 0.2) is 0 Å². The average molecular weight is 269 g/mol. The lowest BCUT2D eigenvalue weighted by Crippen LogP contribution is -2.45. The second-order valence-electron chi connectivity index (χ2n) is 4.92. The minimum absolute atomic E-state index is 0.00337. The predicted octanol–water partition coefficient (Wildman–Crippen LogP) is 1.78. The van der Waals surface area contributed by atoms with Gasteiger partial charge in [0.1, 0.15) is 0 Å². The Morgan fingerprint density at radius 3 is 2.44 bits per heavy atom. The van der Waals surface area contributed by atoms with Crippen LogP contribution in [0.15, 0.2) is 35.2 Å². The monoisotopic (exact) mass is 269 g/mol. The molecule has 1 aliphatic rings. The molecule has 0 aromatic heterocycles. The minimum atomic E-state index is -3.39. The third kappa shape index (κ3) is 2.91. The molecule has 0 heterocycles. The first-order chi connectivity index (χ1) is 8.58. The molecule has 0 unspecified atom stereocenters. The number of ether oxygens (including phenoxy) is 1. The first-order valence-corrected chi connectivity index (χ1v) is 7.60. The number of hydrogen-bond acceptors (Lipinski definition) is 3. The number of rotatable bonds is 6. The van der Waals surface area contributed by atoms with Crippen molar-refractivity contribution in [2.24, 2.45) is 5.41 Å². The molecule has 1 saturated carbocycles. The van der Waals surface area contributed by atoms with Gasteiger partial charge in [-0.3, -0.25) is 0 Å². The molecule has 0 amide bonds. The average Bonchev–Trinajstić information content (AvgIpc) is 2.33. The normalized spacial score (nSPS) is 18.3. The van der Waals surface area contributed by atoms with Crippen LogP contribution in [0, 0.1) is 5.41 Å². The van der Waals surface area contributed by atoms with Gasteiger partial charge >= 0.3 is 0 Å². The van der Waals surface area contributed by atoms with E-state index in [-0.39, 0.29) is 5.41 Å². The largest absolute Gasteiger partial charge is 0.384 e. The highest BCUT2D eigenvalue weighted by Crippen LogP contribution is 2.40. The third-order valence-corrected chi connectivity index (χ3v) is 4.97. The maximum absolute atomic E-state index is 12.1. The van der Waals surface area contributed by atoms with Crippen molar-refractivity contribution in [1.82, 2.24) is 4.72 Å². The zero-order chi connectivity index (χ0) is 13.1. The second-order valence-corrected chi connectivity index (χ2v) is 6.69. The van der Waals surface area contributed by atoms with Gasteiger partial charge < -0.3 is 4.74 Å². The van der Waals surface area contributed by atoms with Gasteiger partial charge in [0.05, 0.1) is 11.5 Å². The van der Waals surface area contributed by atoms with Crippen LogP contribution >= 0.6 is 0 Å². The Balaban J connectivity index is 2.01. The Labute approximate surface area is 108 Å². The summed E-state index contributed by atoms with van der Waals surface area (Å²) in [6.45, 7) is 1.07. The molecule has 0 radical (unpaired) electrons. The van der Waals surface area contributed by atoms with Crippen molar-refractivity contribution in [3.8, 4) is 0 Å². The lowest BCUT2D eigenvalue weighted by Gasteiger charge is -2.41. The van der Waals surface area contributed by atoms with E-state index in [1.165, 1.54) is 0 Å². The molecule has 0 bridgehead atoms. The minimum Gasteiger partial charge on any atom is -0.384 e. The first-order valence-electron chi connectivity index (χ1n) is 6.12. The Hall–Kier alpha value is -0.910. The van der Waals surface area contributed by atoms with Crippen LogP contribution in [-0.2, 0) is 14.8 Å². The molecule has 100 valence electrons. The van der Waals surface area contributed by atoms with Crippen molar-refractivity contribution in [2.45, 2.75) is 24.2 Å². The summed E-state index contributed by atoms with van der Waals surface area (Å²) in [5.74, 6) is 0. The molecule has 0 saturated heterocycles. The SMILES string of the molecule is COCC1(CNS(=O)(=O)c2ccccc2)CCC1. The zero-order valence-corrected chi connectivity index (χ0v) is 11.4. The third-order valence-electron chi connectivity index (χ3n) is 3.56. The number of benzene rings is 1. The molecule has 0 spiro atoms. The van der Waals surface area contributed by atoms with Gasteiger partial charge in [-0.05, 0) is 25.0 Å². The lowest BCUT2D eigenvalue weighted by atomic mass is 9.69.